The Hall–Kier alpha value is -1.38. The van der Waals surface area contributed by atoms with E-state index in [0.717, 1.165) is 5.69 Å². The average molecular weight is 164 g/mol. The highest BCUT2D eigenvalue weighted by atomic mass is 16.1. The van der Waals surface area contributed by atoms with E-state index in [0.29, 0.717) is 0 Å². The van der Waals surface area contributed by atoms with Crippen LogP contribution in [-0.2, 0) is 4.79 Å². The maximum absolute atomic E-state index is 11.2. The molecular formula is C9H12N2O. The molecule has 3 nitrogen and oxygen atoms in total. The smallest absolute Gasteiger partial charge is 0.228 e. The van der Waals surface area contributed by atoms with E-state index in [1.54, 1.807) is 13.2 Å². The second kappa shape index (κ2) is 3.85. The summed E-state index contributed by atoms with van der Waals surface area (Å²) in [6.07, 6.45) is 1.69. The van der Waals surface area contributed by atoms with Crippen LogP contribution in [-0.4, -0.2) is 17.9 Å². The molecule has 1 aromatic heterocycles. The van der Waals surface area contributed by atoms with Crippen LogP contribution in [0.5, 0.6) is 0 Å². The van der Waals surface area contributed by atoms with Crippen molar-refractivity contribution in [2.45, 2.75) is 12.8 Å². The molecule has 1 aromatic rings. The highest BCUT2D eigenvalue weighted by Gasteiger charge is 2.13. The summed E-state index contributed by atoms with van der Waals surface area (Å²) in [6.45, 7) is 1.83. The van der Waals surface area contributed by atoms with Crippen LogP contribution in [0.3, 0.4) is 0 Å². The number of rotatable bonds is 2. The third kappa shape index (κ3) is 1.81. The second-order valence-corrected chi connectivity index (χ2v) is 2.59. The van der Waals surface area contributed by atoms with Crippen LogP contribution in [0.25, 0.3) is 0 Å². The second-order valence-electron chi connectivity index (χ2n) is 2.59. The average Bonchev–Trinajstić information content (AvgIpc) is 2.17. The summed E-state index contributed by atoms with van der Waals surface area (Å²) in [6, 6.07) is 5.56. The summed E-state index contributed by atoms with van der Waals surface area (Å²) < 4.78 is 0. The number of pyridine rings is 1. The van der Waals surface area contributed by atoms with Gasteiger partial charge in [0.15, 0.2) is 0 Å². The van der Waals surface area contributed by atoms with Crippen molar-refractivity contribution in [1.29, 1.82) is 0 Å². The third-order valence-corrected chi connectivity index (χ3v) is 1.77. The lowest BCUT2D eigenvalue weighted by molar-refractivity contribution is -0.121. The minimum absolute atomic E-state index is 0.00583. The van der Waals surface area contributed by atoms with Gasteiger partial charge in [0.1, 0.15) is 0 Å². The molecule has 1 N–H and O–H groups in total. The number of carbonyl (C=O) groups is 1. The van der Waals surface area contributed by atoms with Crippen molar-refractivity contribution in [3.05, 3.63) is 30.1 Å². The van der Waals surface area contributed by atoms with Crippen LogP contribution in [0.4, 0.5) is 0 Å². The lowest BCUT2D eigenvalue weighted by Gasteiger charge is -2.07. The fourth-order valence-corrected chi connectivity index (χ4v) is 0.983. The maximum Gasteiger partial charge on any atom is 0.228 e. The fourth-order valence-electron chi connectivity index (χ4n) is 0.983. The number of hydrogen-bond acceptors (Lipinski definition) is 2. The van der Waals surface area contributed by atoms with E-state index < -0.39 is 0 Å². The Morgan fingerprint density at radius 1 is 1.58 bits per heavy atom. The molecular weight excluding hydrogens is 152 g/mol. The van der Waals surface area contributed by atoms with Crippen molar-refractivity contribution in [1.82, 2.24) is 10.3 Å². The normalized spacial score (nSPS) is 12.2. The van der Waals surface area contributed by atoms with Gasteiger partial charge in [0.2, 0.25) is 5.91 Å². The molecule has 3 heteroatoms. The topological polar surface area (TPSA) is 42.0 Å². The minimum Gasteiger partial charge on any atom is -0.359 e. The van der Waals surface area contributed by atoms with Crippen LogP contribution >= 0.6 is 0 Å². The van der Waals surface area contributed by atoms with E-state index in [9.17, 15) is 4.79 Å². The van der Waals surface area contributed by atoms with Crippen LogP contribution < -0.4 is 5.32 Å². The molecule has 0 spiro atoms. The van der Waals surface area contributed by atoms with E-state index in [-0.39, 0.29) is 11.8 Å². The molecule has 0 saturated carbocycles. The van der Waals surface area contributed by atoms with Crippen LogP contribution in [0.1, 0.15) is 18.5 Å². The first-order valence-electron chi connectivity index (χ1n) is 3.88. The van der Waals surface area contributed by atoms with Gasteiger partial charge in [0.25, 0.3) is 0 Å². The summed E-state index contributed by atoms with van der Waals surface area (Å²) in [7, 11) is 1.63. The van der Waals surface area contributed by atoms with E-state index in [1.165, 1.54) is 0 Å². The number of nitrogens with one attached hydrogen (secondary N) is 1. The Bertz CT molecular complexity index is 258. The summed E-state index contributed by atoms with van der Waals surface area (Å²) in [5.74, 6) is -0.176. The lowest BCUT2D eigenvalue weighted by atomic mass is 10.1. The van der Waals surface area contributed by atoms with Crippen LogP contribution in [0, 0.1) is 0 Å². The van der Waals surface area contributed by atoms with Gasteiger partial charge in [-0.25, -0.2) is 0 Å². The van der Waals surface area contributed by atoms with Gasteiger partial charge in [0, 0.05) is 13.2 Å². The number of hydrogen-bond donors (Lipinski definition) is 1. The molecule has 0 aromatic carbocycles. The molecule has 0 bridgehead atoms. The number of carbonyl (C=O) groups excluding carboxylic acids is 1. The van der Waals surface area contributed by atoms with E-state index >= 15 is 0 Å². The Morgan fingerprint density at radius 2 is 2.33 bits per heavy atom. The van der Waals surface area contributed by atoms with Crippen LogP contribution in [0.15, 0.2) is 24.4 Å². The number of nitrogens with zero attached hydrogens (tertiary/aromatic N) is 1. The first kappa shape index (κ1) is 8.71. The molecule has 1 unspecified atom stereocenters. The molecule has 0 aliphatic heterocycles. The predicted molar refractivity (Wildman–Crippen MR) is 46.7 cm³/mol. The molecule has 0 radical (unpaired) electrons. The van der Waals surface area contributed by atoms with Gasteiger partial charge in [-0.3, -0.25) is 9.78 Å². The Kier molecular flexibility index (Phi) is 2.80. The number of amides is 1. The van der Waals surface area contributed by atoms with Gasteiger partial charge in [-0.05, 0) is 19.1 Å². The lowest BCUT2D eigenvalue weighted by Crippen LogP contribution is -2.24. The van der Waals surface area contributed by atoms with Gasteiger partial charge < -0.3 is 5.32 Å². The minimum atomic E-state index is -0.170. The van der Waals surface area contributed by atoms with Gasteiger partial charge in [-0.15, -0.1) is 0 Å². The van der Waals surface area contributed by atoms with E-state index in [1.807, 2.05) is 25.1 Å². The first-order valence-corrected chi connectivity index (χ1v) is 3.88. The van der Waals surface area contributed by atoms with Gasteiger partial charge >= 0.3 is 0 Å². The van der Waals surface area contributed by atoms with Crippen LogP contribution in [0.2, 0.25) is 0 Å². The Labute approximate surface area is 71.8 Å². The molecule has 12 heavy (non-hydrogen) atoms. The van der Waals surface area contributed by atoms with Gasteiger partial charge in [-0.2, -0.15) is 0 Å². The molecule has 0 saturated heterocycles. The standard InChI is InChI=1S/C9H12N2O/c1-7(9(12)10-2)8-5-3-4-6-11-8/h3-7H,1-2H3,(H,10,12). The monoisotopic (exact) mass is 164 g/mol. The van der Waals surface area contributed by atoms with Crippen molar-refractivity contribution >= 4 is 5.91 Å². The highest BCUT2D eigenvalue weighted by Crippen LogP contribution is 2.10. The maximum atomic E-state index is 11.2. The first-order chi connectivity index (χ1) is 5.75. The van der Waals surface area contributed by atoms with Crippen molar-refractivity contribution in [3.63, 3.8) is 0 Å². The molecule has 1 heterocycles. The van der Waals surface area contributed by atoms with Crippen molar-refractivity contribution < 1.29 is 4.79 Å². The number of aromatic nitrogens is 1. The molecule has 1 atom stereocenters. The zero-order chi connectivity index (χ0) is 8.97. The predicted octanol–water partition coefficient (Wildman–Crippen LogP) is 0.931. The summed E-state index contributed by atoms with van der Waals surface area (Å²) in [5.41, 5.74) is 0.803. The Balaban J connectivity index is 2.78. The fraction of sp³-hybridized carbons (Fsp3) is 0.333. The molecule has 0 fully saturated rings. The highest BCUT2D eigenvalue weighted by molar-refractivity contribution is 5.82. The van der Waals surface area contributed by atoms with Crippen molar-refractivity contribution in [2.75, 3.05) is 7.05 Å². The third-order valence-electron chi connectivity index (χ3n) is 1.77. The zero-order valence-electron chi connectivity index (χ0n) is 7.24. The summed E-state index contributed by atoms with van der Waals surface area (Å²) >= 11 is 0. The molecule has 1 rings (SSSR count). The van der Waals surface area contributed by atoms with E-state index in [2.05, 4.69) is 10.3 Å². The van der Waals surface area contributed by atoms with Crippen molar-refractivity contribution in [3.8, 4) is 0 Å². The molecule has 1 amide bonds. The SMILES string of the molecule is CNC(=O)C(C)c1ccccn1. The van der Waals surface area contributed by atoms with Gasteiger partial charge in [0.05, 0.1) is 11.6 Å². The molecule has 0 aliphatic carbocycles. The van der Waals surface area contributed by atoms with Crippen molar-refractivity contribution in [2.24, 2.45) is 0 Å². The summed E-state index contributed by atoms with van der Waals surface area (Å²) in [4.78, 5) is 15.2. The summed E-state index contributed by atoms with van der Waals surface area (Å²) in [5, 5.41) is 2.58. The molecule has 64 valence electrons. The largest absolute Gasteiger partial charge is 0.359 e. The quantitative estimate of drug-likeness (QED) is 0.706. The zero-order valence-corrected chi connectivity index (χ0v) is 7.24. The number of likely N-dealkylation sites (N-methyl/N-ethyl adjacent to an activating group) is 1. The Morgan fingerprint density at radius 3 is 2.83 bits per heavy atom. The van der Waals surface area contributed by atoms with Gasteiger partial charge in [-0.1, -0.05) is 6.07 Å². The van der Waals surface area contributed by atoms with E-state index in [4.69, 9.17) is 0 Å². The molecule has 0 aliphatic rings.